The van der Waals surface area contributed by atoms with Crippen LogP contribution in [0, 0.1) is 24.2 Å². The molecule has 0 saturated carbocycles. The van der Waals surface area contributed by atoms with E-state index in [2.05, 4.69) is 28.1 Å². The number of benzene rings is 1. The second-order valence-corrected chi connectivity index (χ2v) is 7.17. The Bertz CT molecular complexity index is 595. The molecular formula is C20H27N3O. The number of fused-ring (bicyclic) bond motifs is 3. The fourth-order valence-electron chi connectivity index (χ4n) is 4.19. The fraction of sp³-hybridized carbons (Fsp3) is 0.550. The van der Waals surface area contributed by atoms with Gasteiger partial charge in [-0.3, -0.25) is 14.6 Å². The topological polar surface area (TPSA) is 35.6 Å². The Hall–Kier alpha value is -1.83. The normalized spacial score (nSPS) is 28.5. The number of amides is 1. The Kier molecular flexibility index (Phi) is 5.55. The first kappa shape index (κ1) is 17.0. The average Bonchev–Trinajstić information content (AvgIpc) is 2.61. The van der Waals surface area contributed by atoms with Crippen LogP contribution >= 0.6 is 0 Å². The van der Waals surface area contributed by atoms with Gasteiger partial charge in [0, 0.05) is 31.2 Å². The minimum absolute atomic E-state index is 0.0311. The Morgan fingerprint density at radius 2 is 2.21 bits per heavy atom. The van der Waals surface area contributed by atoms with E-state index in [1.165, 1.54) is 12.8 Å². The number of terminal acetylenes is 1. The summed E-state index contributed by atoms with van der Waals surface area (Å²) >= 11 is 0. The maximum Gasteiger partial charge on any atom is 0.251 e. The summed E-state index contributed by atoms with van der Waals surface area (Å²) in [6.45, 7) is 4.84. The third-order valence-electron chi connectivity index (χ3n) is 5.46. The van der Waals surface area contributed by atoms with Crippen LogP contribution in [0.25, 0.3) is 0 Å². The fourth-order valence-corrected chi connectivity index (χ4v) is 4.19. The van der Waals surface area contributed by atoms with Gasteiger partial charge in [-0.15, -0.1) is 6.42 Å². The minimum Gasteiger partial charge on any atom is -0.350 e. The molecule has 4 rings (SSSR count). The predicted octanol–water partition coefficient (Wildman–Crippen LogP) is 1.69. The second-order valence-electron chi connectivity index (χ2n) is 7.17. The Labute approximate surface area is 145 Å². The van der Waals surface area contributed by atoms with Gasteiger partial charge in [-0.2, -0.15) is 0 Å². The molecule has 1 aromatic carbocycles. The van der Waals surface area contributed by atoms with Crippen molar-refractivity contribution >= 4 is 5.91 Å². The number of carbonyl (C=O) groups excluding carboxylic acids is 1. The molecule has 1 amide bonds. The summed E-state index contributed by atoms with van der Waals surface area (Å²) in [7, 11) is 2.11. The van der Waals surface area contributed by atoms with Crippen molar-refractivity contribution in [3.63, 3.8) is 0 Å². The summed E-state index contributed by atoms with van der Waals surface area (Å²) in [5.74, 6) is 4.22. The first-order valence-electron chi connectivity index (χ1n) is 8.86. The monoisotopic (exact) mass is 325 g/mol. The summed E-state index contributed by atoms with van der Waals surface area (Å²) in [4.78, 5) is 17.0. The van der Waals surface area contributed by atoms with Gasteiger partial charge in [0.25, 0.3) is 5.91 Å². The number of hydrogen-bond acceptors (Lipinski definition) is 3. The van der Waals surface area contributed by atoms with E-state index in [1.54, 1.807) is 0 Å². The third kappa shape index (κ3) is 3.98. The van der Waals surface area contributed by atoms with Crippen molar-refractivity contribution in [3.05, 3.63) is 35.9 Å². The number of hydrogen-bond donors (Lipinski definition) is 1. The zero-order valence-electron chi connectivity index (χ0n) is 14.4. The first-order valence-corrected chi connectivity index (χ1v) is 8.86. The van der Waals surface area contributed by atoms with Gasteiger partial charge >= 0.3 is 0 Å². The van der Waals surface area contributed by atoms with E-state index in [0.717, 1.165) is 44.2 Å². The Balaban J connectivity index is 1.50. The molecule has 0 aromatic heterocycles. The second kappa shape index (κ2) is 7.83. The van der Waals surface area contributed by atoms with Crippen LogP contribution in [0.2, 0.25) is 0 Å². The molecule has 3 fully saturated rings. The molecule has 3 aliphatic rings. The van der Waals surface area contributed by atoms with Gasteiger partial charge in [-0.1, -0.05) is 24.1 Å². The van der Waals surface area contributed by atoms with Gasteiger partial charge < -0.3 is 5.32 Å². The Morgan fingerprint density at radius 3 is 2.88 bits per heavy atom. The molecule has 1 N–H and O–H groups in total. The summed E-state index contributed by atoms with van der Waals surface area (Å²) in [5, 5.41) is 3.11. The number of nitrogens with one attached hydrogen (secondary N) is 1. The van der Waals surface area contributed by atoms with Crippen LogP contribution in [0.5, 0.6) is 0 Å². The SMILES string of the molecule is C#CCN(C)C[C@@H]1CN2CC[C@H]1C[C@@H]2CNC(=O)c1ccccc1. The van der Waals surface area contributed by atoms with Gasteiger partial charge in [0.15, 0.2) is 0 Å². The summed E-state index contributed by atoms with van der Waals surface area (Å²) < 4.78 is 0. The lowest BCUT2D eigenvalue weighted by Crippen LogP contribution is -2.58. The molecule has 3 heterocycles. The van der Waals surface area contributed by atoms with Crippen LogP contribution in [-0.2, 0) is 0 Å². The van der Waals surface area contributed by atoms with Crippen LogP contribution in [0.4, 0.5) is 0 Å². The highest BCUT2D eigenvalue weighted by atomic mass is 16.1. The molecule has 0 radical (unpaired) electrons. The van der Waals surface area contributed by atoms with Crippen LogP contribution in [0.3, 0.4) is 0 Å². The standard InChI is InChI=1S/C20H27N3O/c1-3-10-22(2)14-18-15-23-11-9-17(18)12-19(23)13-21-20(24)16-7-5-4-6-8-16/h1,4-8,17-19H,9-15H2,2H3,(H,21,24)/t17-,18+,19+/m0/s1. The highest BCUT2D eigenvalue weighted by Gasteiger charge is 2.40. The lowest BCUT2D eigenvalue weighted by atomic mass is 9.75. The van der Waals surface area contributed by atoms with E-state index in [-0.39, 0.29) is 5.91 Å². The lowest BCUT2D eigenvalue weighted by molar-refractivity contribution is -0.00762. The highest BCUT2D eigenvalue weighted by Crippen LogP contribution is 2.36. The van der Waals surface area contributed by atoms with E-state index >= 15 is 0 Å². The molecule has 4 atom stereocenters. The third-order valence-corrected chi connectivity index (χ3v) is 5.46. The molecule has 1 unspecified atom stereocenters. The predicted molar refractivity (Wildman–Crippen MR) is 96.7 cm³/mol. The van der Waals surface area contributed by atoms with Crippen LogP contribution in [0.1, 0.15) is 23.2 Å². The molecule has 24 heavy (non-hydrogen) atoms. The van der Waals surface area contributed by atoms with Crippen molar-refractivity contribution in [1.29, 1.82) is 0 Å². The van der Waals surface area contributed by atoms with Crippen LogP contribution in [0.15, 0.2) is 30.3 Å². The molecule has 128 valence electrons. The van der Waals surface area contributed by atoms with Crippen molar-refractivity contribution in [1.82, 2.24) is 15.1 Å². The number of carbonyl (C=O) groups is 1. The molecular weight excluding hydrogens is 298 g/mol. The van der Waals surface area contributed by atoms with Gasteiger partial charge in [0.05, 0.1) is 6.54 Å². The number of rotatable bonds is 6. The largest absolute Gasteiger partial charge is 0.350 e. The van der Waals surface area contributed by atoms with Crippen molar-refractivity contribution in [3.8, 4) is 12.3 Å². The smallest absolute Gasteiger partial charge is 0.251 e. The molecule has 0 aliphatic carbocycles. The average molecular weight is 325 g/mol. The summed E-state index contributed by atoms with van der Waals surface area (Å²) in [6.07, 6.45) is 7.87. The van der Waals surface area contributed by atoms with Crippen molar-refractivity contribution in [2.45, 2.75) is 18.9 Å². The van der Waals surface area contributed by atoms with E-state index < -0.39 is 0 Å². The zero-order chi connectivity index (χ0) is 16.9. The molecule has 1 aromatic rings. The van der Waals surface area contributed by atoms with E-state index in [1.807, 2.05) is 30.3 Å². The lowest BCUT2D eigenvalue weighted by Gasteiger charge is -2.50. The van der Waals surface area contributed by atoms with E-state index in [9.17, 15) is 4.79 Å². The van der Waals surface area contributed by atoms with Crippen LogP contribution < -0.4 is 5.32 Å². The van der Waals surface area contributed by atoms with Crippen molar-refractivity contribution < 1.29 is 4.79 Å². The number of piperidine rings is 3. The highest BCUT2D eigenvalue weighted by molar-refractivity contribution is 5.94. The molecule has 2 bridgehead atoms. The minimum atomic E-state index is 0.0311. The quantitative estimate of drug-likeness (QED) is 0.809. The van der Waals surface area contributed by atoms with Crippen LogP contribution in [-0.4, -0.2) is 61.5 Å². The molecule has 3 aliphatic heterocycles. The Morgan fingerprint density at radius 1 is 1.42 bits per heavy atom. The zero-order valence-corrected chi connectivity index (χ0v) is 14.4. The molecule has 4 heteroatoms. The van der Waals surface area contributed by atoms with Gasteiger partial charge in [-0.25, -0.2) is 0 Å². The first-order chi connectivity index (χ1) is 11.7. The maximum absolute atomic E-state index is 12.2. The van der Waals surface area contributed by atoms with Gasteiger partial charge in [0.1, 0.15) is 0 Å². The van der Waals surface area contributed by atoms with Crippen molar-refractivity contribution in [2.75, 3.05) is 39.8 Å². The molecule has 3 saturated heterocycles. The number of nitrogens with zero attached hydrogens (tertiary/aromatic N) is 2. The molecule has 0 spiro atoms. The van der Waals surface area contributed by atoms with Crippen molar-refractivity contribution in [2.24, 2.45) is 11.8 Å². The van der Waals surface area contributed by atoms with Gasteiger partial charge in [-0.05, 0) is 50.4 Å². The van der Waals surface area contributed by atoms with E-state index in [4.69, 9.17) is 6.42 Å². The summed E-state index contributed by atoms with van der Waals surface area (Å²) in [5.41, 5.74) is 0.738. The van der Waals surface area contributed by atoms with Gasteiger partial charge in [0.2, 0.25) is 0 Å². The molecule has 4 nitrogen and oxygen atoms in total. The summed E-state index contributed by atoms with van der Waals surface area (Å²) in [6, 6.07) is 9.93. The van der Waals surface area contributed by atoms with E-state index in [0.29, 0.717) is 12.0 Å². The maximum atomic E-state index is 12.2.